The minimum absolute atomic E-state index is 0.0762. The summed E-state index contributed by atoms with van der Waals surface area (Å²) < 4.78 is 0. The SMILES string of the molecule is CCC1CC(=O)N2CC(O)C(O)C2C1O. The van der Waals surface area contributed by atoms with Gasteiger partial charge in [-0.05, 0) is 5.92 Å². The number of hydrogen-bond donors (Lipinski definition) is 3. The molecule has 2 aliphatic rings. The molecule has 3 N–H and O–H groups in total. The van der Waals surface area contributed by atoms with Crippen LogP contribution in [0.1, 0.15) is 19.8 Å². The van der Waals surface area contributed by atoms with E-state index >= 15 is 0 Å². The van der Waals surface area contributed by atoms with Crippen LogP contribution in [0.2, 0.25) is 0 Å². The van der Waals surface area contributed by atoms with Crippen LogP contribution in [0.15, 0.2) is 0 Å². The van der Waals surface area contributed by atoms with Crippen molar-refractivity contribution in [1.29, 1.82) is 0 Å². The van der Waals surface area contributed by atoms with Crippen molar-refractivity contribution in [3.63, 3.8) is 0 Å². The lowest BCUT2D eigenvalue weighted by Gasteiger charge is -2.39. The molecular weight excluding hydrogens is 198 g/mol. The lowest BCUT2D eigenvalue weighted by Crippen LogP contribution is -2.55. The monoisotopic (exact) mass is 215 g/mol. The summed E-state index contributed by atoms with van der Waals surface area (Å²) in [6, 6.07) is -0.619. The molecule has 0 saturated carbocycles. The zero-order chi connectivity index (χ0) is 11.2. The van der Waals surface area contributed by atoms with Crippen molar-refractivity contribution >= 4 is 5.91 Å². The van der Waals surface area contributed by atoms with Crippen molar-refractivity contribution in [3.8, 4) is 0 Å². The molecule has 0 aliphatic carbocycles. The fourth-order valence-electron chi connectivity index (χ4n) is 2.62. The molecule has 0 bridgehead atoms. The number of hydrogen-bond acceptors (Lipinski definition) is 4. The van der Waals surface area contributed by atoms with Gasteiger partial charge in [0.15, 0.2) is 0 Å². The van der Waals surface area contributed by atoms with Crippen LogP contribution in [-0.4, -0.2) is 57.0 Å². The third-order valence-electron chi connectivity index (χ3n) is 3.60. The molecule has 15 heavy (non-hydrogen) atoms. The van der Waals surface area contributed by atoms with E-state index in [0.29, 0.717) is 12.8 Å². The topological polar surface area (TPSA) is 81.0 Å². The Bertz CT molecular complexity index is 270. The Kier molecular flexibility index (Phi) is 2.70. The first-order valence-electron chi connectivity index (χ1n) is 5.40. The van der Waals surface area contributed by atoms with E-state index in [-0.39, 0.29) is 18.4 Å². The Balaban J connectivity index is 2.23. The largest absolute Gasteiger partial charge is 0.391 e. The third-order valence-corrected chi connectivity index (χ3v) is 3.60. The van der Waals surface area contributed by atoms with Gasteiger partial charge in [0.05, 0.1) is 18.2 Å². The maximum Gasteiger partial charge on any atom is 0.223 e. The van der Waals surface area contributed by atoms with Crippen LogP contribution in [-0.2, 0) is 4.79 Å². The summed E-state index contributed by atoms with van der Waals surface area (Å²) in [5.74, 6) is -0.175. The quantitative estimate of drug-likeness (QED) is 0.508. The van der Waals surface area contributed by atoms with Gasteiger partial charge in [-0.3, -0.25) is 4.79 Å². The highest BCUT2D eigenvalue weighted by Gasteiger charge is 2.51. The summed E-state index contributed by atoms with van der Waals surface area (Å²) in [5.41, 5.74) is 0. The molecule has 1 amide bonds. The summed E-state index contributed by atoms with van der Waals surface area (Å²) in [6.07, 6.45) is -1.64. The third kappa shape index (κ3) is 1.55. The predicted molar refractivity (Wildman–Crippen MR) is 51.9 cm³/mol. The van der Waals surface area contributed by atoms with Crippen LogP contribution < -0.4 is 0 Å². The summed E-state index contributed by atoms with van der Waals surface area (Å²) in [7, 11) is 0. The van der Waals surface area contributed by atoms with Crippen molar-refractivity contribution in [2.45, 2.75) is 44.1 Å². The van der Waals surface area contributed by atoms with Gasteiger partial charge in [-0.25, -0.2) is 0 Å². The average Bonchev–Trinajstić information content (AvgIpc) is 2.50. The van der Waals surface area contributed by atoms with E-state index in [1.54, 1.807) is 0 Å². The summed E-state index contributed by atoms with van der Waals surface area (Å²) in [5, 5.41) is 29.1. The van der Waals surface area contributed by atoms with Gasteiger partial charge in [-0.15, -0.1) is 0 Å². The van der Waals surface area contributed by atoms with Gasteiger partial charge >= 0.3 is 0 Å². The lowest BCUT2D eigenvalue weighted by molar-refractivity contribution is -0.146. The first-order chi connectivity index (χ1) is 7.06. The fourth-order valence-corrected chi connectivity index (χ4v) is 2.62. The summed E-state index contributed by atoms with van der Waals surface area (Å²) in [6.45, 7) is 2.05. The van der Waals surface area contributed by atoms with Gasteiger partial charge < -0.3 is 20.2 Å². The van der Waals surface area contributed by atoms with E-state index < -0.39 is 24.4 Å². The Morgan fingerprint density at radius 2 is 2.00 bits per heavy atom. The molecule has 2 rings (SSSR count). The second-order valence-electron chi connectivity index (χ2n) is 4.46. The molecule has 5 heteroatoms. The molecular formula is C10H17NO4. The van der Waals surface area contributed by atoms with Gasteiger partial charge in [-0.2, -0.15) is 0 Å². The first-order valence-corrected chi connectivity index (χ1v) is 5.40. The molecule has 0 spiro atoms. The Morgan fingerprint density at radius 3 is 2.60 bits per heavy atom. The highest BCUT2D eigenvalue weighted by molar-refractivity contribution is 5.78. The smallest absolute Gasteiger partial charge is 0.223 e. The average molecular weight is 215 g/mol. The van der Waals surface area contributed by atoms with Crippen LogP contribution in [0.4, 0.5) is 0 Å². The molecule has 0 aromatic carbocycles. The Morgan fingerprint density at radius 1 is 1.33 bits per heavy atom. The Hall–Kier alpha value is -0.650. The first kappa shape index (κ1) is 10.9. The van der Waals surface area contributed by atoms with Crippen molar-refractivity contribution < 1.29 is 20.1 Å². The molecule has 0 aromatic rings. The van der Waals surface area contributed by atoms with E-state index in [1.807, 2.05) is 6.92 Å². The standard InChI is InChI=1S/C10H17NO4/c1-2-5-3-7(13)11-4-6(12)10(15)8(11)9(5)14/h5-6,8-10,12,14-15H,2-4H2,1H3. The minimum atomic E-state index is -1.02. The maximum atomic E-state index is 11.7. The van der Waals surface area contributed by atoms with Crippen molar-refractivity contribution in [3.05, 3.63) is 0 Å². The van der Waals surface area contributed by atoms with E-state index in [2.05, 4.69) is 0 Å². The van der Waals surface area contributed by atoms with E-state index in [1.165, 1.54) is 4.90 Å². The number of amides is 1. The van der Waals surface area contributed by atoms with Crippen LogP contribution in [0.3, 0.4) is 0 Å². The zero-order valence-corrected chi connectivity index (χ0v) is 8.71. The molecule has 2 heterocycles. The fraction of sp³-hybridized carbons (Fsp3) is 0.900. The van der Waals surface area contributed by atoms with Crippen LogP contribution in [0.25, 0.3) is 0 Å². The molecule has 5 unspecified atom stereocenters. The number of carbonyl (C=O) groups excluding carboxylic acids is 1. The Labute approximate surface area is 88.3 Å². The van der Waals surface area contributed by atoms with Crippen molar-refractivity contribution in [2.75, 3.05) is 6.54 Å². The summed E-state index contributed by atoms with van der Waals surface area (Å²) in [4.78, 5) is 13.1. The number of fused-ring (bicyclic) bond motifs is 1. The number of aliphatic hydroxyl groups is 3. The number of carbonyl (C=O) groups is 1. The van der Waals surface area contributed by atoms with Gasteiger partial charge in [0.2, 0.25) is 5.91 Å². The predicted octanol–water partition coefficient (Wildman–Crippen LogP) is -1.29. The van der Waals surface area contributed by atoms with Gasteiger partial charge in [0.1, 0.15) is 6.10 Å². The van der Waals surface area contributed by atoms with Crippen LogP contribution in [0.5, 0.6) is 0 Å². The highest BCUT2D eigenvalue weighted by atomic mass is 16.3. The molecule has 2 saturated heterocycles. The van der Waals surface area contributed by atoms with Crippen molar-refractivity contribution in [1.82, 2.24) is 4.90 Å². The second kappa shape index (κ2) is 3.73. The van der Waals surface area contributed by atoms with Gasteiger partial charge in [-0.1, -0.05) is 13.3 Å². The molecule has 0 radical (unpaired) electrons. The van der Waals surface area contributed by atoms with Gasteiger partial charge in [0.25, 0.3) is 0 Å². The molecule has 5 nitrogen and oxygen atoms in total. The summed E-state index contributed by atoms with van der Waals surface area (Å²) >= 11 is 0. The number of aliphatic hydroxyl groups excluding tert-OH is 3. The number of nitrogens with zero attached hydrogens (tertiary/aromatic N) is 1. The lowest BCUT2D eigenvalue weighted by atomic mass is 9.85. The molecule has 2 aliphatic heterocycles. The minimum Gasteiger partial charge on any atom is -0.391 e. The number of piperidine rings is 1. The maximum absolute atomic E-state index is 11.7. The molecule has 0 aromatic heterocycles. The van der Waals surface area contributed by atoms with Crippen LogP contribution in [0, 0.1) is 5.92 Å². The normalized spacial score (nSPS) is 45.7. The number of rotatable bonds is 1. The molecule has 86 valence electrons. The van der Waals surface area contributed by atoms with Gasteiger partial charge in [0, 0.05) is 13.0 Å². The molecule has 2 fully saturated rings. The molecule has 5 atom stereocenters. The zero-order valence-electron chi connectivity index (χ0n) is 8.71. The van der Waals surface area contributed by atoms with E-state index in [0.717, 1.165) is 0 Å². The van der Waals surface area contributed by atoms with Crippen LogP contribution >= 0.6 is 0 Å². The highest BCUT2D eigenvalue weighted by Crippen LogP contribution is 2.33. The van der Waals surface area contributed by atoms with E-state index in [4.69, 9.17) is 0 Å². The van der Waals surface area contributed by atoms with Crippen molar-refractivity contribution in [2.24, 2.45) is 5.92 Å². The van der Waals surface area contributed by atoms with E-state index in [9.17, 15) is 20.1 Å². The second-order valence-corrected chi connectivity index (χ2v) is 4.46.